The van der Waals surface area contributed by atoms with E-state index >= 15 is 0 Å². The topological polar surface area (TPSA) is 168 Å². The lowest BCUT2D eigenvalue weighted by Crippen LogP contribution is -2.47. The van der Waals surface area contributed by atoms with Crippen molar-refractivity contribution in [2.75, 3.05) is 45.8 Å². The number of nitrogens with one attached hydrogen (secondary N) is 1. The molecule has 11 nitrogen and oxygen atoms in total. The average Bonchev–Trinajstić information content (AvgIpc) is 2.43. The lowest BCUT2D eigenvalue weighted by Gasteiger charge is -2.29. The fourth-order valence-corrected chi connectivity index (χ4v) is 1.94. The Morgan fingerprint density at radius 3 is 1.83 bits per heavy atom. The third-order valence-electron chi connectivity index (χ3n) is 3.18. The molecule has 0 spiro atoms. The van der Waals surface area contributed by atoms with Crippen molar-refractivity contribution in [1.29, 1.82) is 0 Å². The number of hydrogen-bond donors (Lipinski definition) is 5. The van der Waals surface area contributed by atoms with Crippen LogP contribution in [0.4, 0.5) is 0 Å². The first-order valence-corrected chi connectivity index (χ1v) is 7.18. The van der Waals surface area contributed by atoms with Crippen LogP contribution in [-0.4, -0.2) is 106 Å². The second-order valence-electron chi connectivity index (χ2n) is 5.12. The van der Waals surface area contributed by atoms with Crippen LogP contribution < -0.4 is 5.32 Å². The molecule has 0 radical (unpaired) electrons. The average molecular weight is 349 g/mol. The Labute approximate surface area is 138 Å². The number of carbonyl (C=O) groups is 4. The standard InChI is InChI=1S/C13H23N3O8/c1-9(13(23)24)16(3-2-14-6-10(17)18)5-4-15(7-11(19)20)8-12(21)22/h9,14H,2-8H2,1H3,(H,17,18)(H,19,20)(H,21,22)(H,23,24). The molecule has 0 aromatic carbocycles. The van der Waals surface area contributed by atoms with Crippen LogP contribution in [0, 0.1) is 0 Å². The van der Waals surface area contributed by atoms with E-state index in [1.807, 2.05) is 0 Å². The van der Waals surface area contributed by atoms with Crippen LogP contribution in [0.15, 0.2) is 0 Å². The number of rotatable bonds is 14. The molecule has 0 amide bonds. The predicted octanol–water partition coefficient (Wildman–Crippen LogP) is -2.09. The van der Waals surface area contributed by atoms with Crippen molar-refractivity contribution in [2.24, 2.45) is 0 Å². The van der Waals surface area contributed by atoms with Gasteiger partial charge in [-0.15, -0.1) is 0 Å². The van der Waals surface area contributed by atoms with Crippen LogP contribution in [0.25, 0.3) is 0 Å². The predicted molar refractivity (Wildman–Crippen MR) is 80.9 cm³/mol. The molecule has 0 rings (SSSR count). The summed E-state index contributed by atoms with van der Waals surface area (Å²) in [5.74, 6) is -4.49. The quantitative estimate of drug-likeness (QED) is 0.218. The zero-order chi connectivity index (χ0) is 18.7. The normalized spacial score (nSPS) is 12.3. The van der Waals surface area contributed by atoms with Crippen LogP contribution in [0.2, 0.25) is 0 Å². The van der Waals surface area contributed by atoms with Crippen molar-refractivity contribution in [3.63, 3.8) is 0 Å². The molecular weight excluding hydrogens is 326 g/mol. The summed E-state index contributed by atoms with van der Waals surface area (Å²) >= 11 is 0. The van der Waals surface area contributed by atoms with Crippen LogP contribution >= 0.6 is 0 Å². The Morgan fingerprint density at radius 1 is 0.875 bits per heavy atom. The number of carboxylic acid groups (broad SMARTS) is 4. The molecule has 0 heterocycles. The molecule has 1 atom stereocenters. The number of carboxylic acids is 4. The van der Waals surface area contributed by atoms with E-state index in [9.17, 15) is 19.2 Å². The van der Waals surface area contributed by atoms with E-state index in [0.717, 1.165) is 0 Å². The van der Waals surface area contributed by atoms with Crippen LogP contribution in [0.3, 0.4) is 0 Å². The summed E-state index contributed by atoms with van der Waals surface area (Å²) in [5.41, 5.74) is 0. The van der Waals surface area contributed by atoms with Crippen molar-refractivity contribution in [2.45, 2.75) is 13.0 Å². The Bertz CT molecular complexity index is 440. The fraction of sp³-hybridized carbons (Fsp3) is 0.692. The molecule has 0 aliphatic heterocycles. The van der Waals surface area contributed by atoms with Crippen molar-refractivity contribution < 1.29 is 39.6 Å². The molecule has 5 N–H and O–H groups in total. The third kappa shape index (κ3) is 10.5. The van der Waals surface area contributed by atoms with E-state index in [1.165, 1.54) is 16.7 Å². The largest absolute Gasteiger partial charge is 0.480 e. The summed E-state index contributed by atoms with van der Waals surface area (Å²) in [6.07, 6.45) is 0. The molecule has 0 aromatic rings. The molecule has 0 saturated heterocycles. The highest BCUT2D eigenvalue weighted by molar-refractivity contribution is 5.73. The van der Waals surface area contributed by atoms with Gasteiger partial charge in [0.15, 0.2) is 0 Å². The summed E-state index contributed by atoms with van der Waals surface area (Å²) in [6, 6.07) is -0.881. The van der Waals surface area contributed by atoms with Crippen LogP contribution in [0.5, 0.6) is 0 Å². The third-order valence-corrected chi connectivity index (χ3v) is 3.18. The first kappa shape index (κ1) is 21.8. The summed E-state index contributed by atoms with van der Waals surface area (Å²) in [4.78, 5) is 45.7. The van der Waals surface area contributed by atoms with Crippen molar-refractivity contribution >= 4 is 23.9 Å². The Kier molecular flexibility index (Phi) is 10.3. The van der Waals surface area contributed by atoms with Gasteiger partial charge in [0.25, 0.3) is 0 Å². The summed E-state index contributed by atoms with van der Waals surface area (Å²) in [5, 5.41) is 37.8. The van der Waals surface area contributed by atoms with Crippen molar-refractivity contribution in [3.8, 4) is 0 Å². The van der Waals surface area contributed by atoms with Gasteiger partial charge in [-0.3, -0.25) is 29.0 Å². The first-order valence-electron chi connectivity index (χ1n) is 7.18. The molecule has 138 valence electrons. The maximum Gasteiger partial charge on any atom is 0.320 e. The van der Waals surface area contributed by atoms with E-state index in [1.54, 1.807) is 0 Å². The highest BCUT2D eigenvalue weighted by Gasteiger charge is 2.22. The van der Waals surface area contributed by atoms with Gasteiger partial charge in [-0.2, -0.15) is 0 Å². The second-order valence-corrected chi connectivity index (χ2v) is 5.12. The van der Waals surface area contributed by atoms with E-state index in [0.29, 0.717) is 0 Å². The van der Waals surface area contributed by atoms with E-state index < -0.39 is 43.0 Å². The summed E-state index contributed by atoms with van der Waals surface area (Å²) < 4.78 is 0. The van der Waals surface area contributed by atoms with Gasteiger partial charge in [0.2, 0.25) is 0 Å². The van der Waals surface area contributed by atoms with Crippen molar-refractivity contribution in [1.82, 2.24) is 15.1 Å². The monoisotopic (exact) mass is 349 g/mol. The maximum absolute atomic E-state index is 11.1. The molecule has 24 heavy (non-hydrogen) atoms. The molecule has 0 aromatic heterocycles. The molecule has 0 saturated carbocycles. The van der Waals surface area contributed by atoms with Gasteiger partial charge in [-0.1, -0.05) is 0 Å². The minimum Gasteiger partial charge on any atom is -0.480 e. The highest BCUT2D eigenvalue weighted by Crippen LogP contribution is 2.00. The van der Waals surface area contributed by atoms with Crippen LogP contribution in [-0.2, 0) is 19.2 Å². The maximum atomic E-state index is 11.1. The van der Waals surface area contributed by atoms with Gasteiger partial charge in [0.05, 0.1) is 19.6 Å². The lowest BCUT2D eigenvalue weighted by atomic mass is 10.2. The Morgan fingerprint density at radius 2 is 1.42 bits per heavy atom. The molecule has 0 fully saturated rings. The first-order chi connectivity index (χ1) is 11.1. The van der Waals surface area contributed by atoms with Gasteiger partial charge in [-0.05, 0) is 6.92 Å². The lowest BCUT2D eigenvalue weighted by molar-refractivity contribution is -0.145. The van der Waals surface area contributed by atoms with E-state index in [-0.39, 0.29) is 32.7 Å². The van der Waals surface area contributed by atoms with Gasteiger partial charge in [-0.25, -0.2) is 0 Å². The van der Waals surface area contributed by atoms with Gasteiger partial charge >= 0.3 is 23.9 Å². The number of aliphatic carboxylic acids is 4. The summed E-state index contributed by atoms with van der Waals surface area (Å²) in [7, 11) is 0. The van der Waals surface area contributed by atoms with Gasteiger partial charge in [0, 0.05) is 26.2 Å². The zero-order valence-corrected chi connectivity index (χ0v) is 13.3. The number of nitrogens with zero attached hydrogens (tertiary/aromatic N) is 2. The van der Waals surface area contributed by atoms with Crippen LogP contribution in [0.1, 0.15) is 6.92 Å². The van der Waals surface area contributed by atoms with Gasteiger partial charge < -0.3 is 25.7 Å². The molecule has 1 unspecified atom stereocenters. The molecular formula is C13H23N3O8. The fourth-order valence-electron chi connectivity index (χ4n) is 1.94. The molecule has 0 aliphatic rings. The number of hydrogen-bond acceptors (Lipinski definition) is 7. The van der Waals surface area contributed by atoms with Gasteiger partial charge in [0.1, 0.15) is 6.04 Å². The van der Waals surface area contributed by atoms with E-state index in [2.05, 4.69) is 5.32 Å². The van der Waals surface area contributed by atoms with E-state index in [4.69, 9.17) is 20.4 Å². The second kappa shape index (κ2) is 11.3. The minimum atomic E-state index is -1.18. The summed E-state index contributed by atoms with van der Waals surface area (Å²) in [6.45, 7) is 0.851. The zero-order valence-electron chi connectivity index (χ0n) is 13.3. The molecule has 11 heteroatoms. The smallest absolute Gasteiger partial charge is 0.320 e. The van der Waals surface area contributed by atoms with Crippen molar-refractivity contribution in [3.05, 3.63) is 0 Å². The SMILES string of the molecule is CC(C(=O)O)N(CCNCC(=O)O)CCN(CC(=O)O)CC(=O)O. The Hall–Kier alpha value is -2.24. The Balaban J connectivity index is 4.64. The minimum absolute atomic E-state index is 0.0507. The molecule has 0 bridgehead atoms. The molecule has 0 aliphatic carbocycles. The highest BCUT2D eigenvalue weighted by atomic mass is 16.4.